The minimum absolute atomic E-state index is 0.250. The lowest BCUT2D eigenvalue weighted by atomic mass is 10.2. The summed E-state index contributed by atoms with van der Waals surface area (Å²) in [6.07, 6.45) is 1.08. The lowest BCUT2D eigenvalue weighted by Gasteiger charge is -2.23. The first kappa shape index (κ1) is 13.2. The summed E-state index contributed by atoms with van der Waals surface area (Å²) in [6, 6.07) is 5.13. The van der Waals surface area contributed by atoms with Crippen LogP contribution in [-0.2, 0) is 0 Å². The zero-order valence-electron chi connectivity index (χ0n) is 10.7. The summed E-state index contributed by atoms with van der Waals surface area (Å²) in [6.45, 7) is 4.26. The zero-order valence-corrected chi connectivity index (χ0v) is 11.6. The number of halogens is 1. The quantitative estimate of drug-likeness (QED) is 0.891. The van der Waals surface area contributed by atoms with Gasteiger partial charge in [-0.2, -0.15) is 0 Å². The second-order valence-electron chi connectivity index (χ2n) is 4.42. The van der Waals surface area contributed by atoms with Gasteiger partial charge in [0.2, 0.25) is 0 Å². The summed E-state index contributed by atoms with van der Waals surface area (Å²) in [7, 11) is 1.45. The van der Waals surface area contributed by atoms with Gasteiger partial charge in [-0.15, -0.1) is 0 Å². The van der Waals surface area contributed by atoms with Gasteiger partial charge in [0.15, 0.2) is 16.7 Å². The second-order valence-corrected chi connectivity index (χ2v) is 5.85. The molecule has 98 valence electrons. The molecule has 1 N–H and O–H groups in total. The molecule has 1 aromatic rings. The van der Waals surface area contributed by atoms with Gasteiger partial charge < -0.3 is 10.1 Å². The van der Waals surface area contributed by atoms with Crippen LogP contribution in [0, 0.1) is 5.82 Å². The largest absolute Gasteiger partial charge is 0.494 e. The molecule has 2 rings (SSSR count). The average molecular weight is 268 g/mol. The number of rotatable bonds is 2. The van der Waals surface area contributed by atoms with Gasteiger partial charge >= 0.3 is 0 Å². The maximum Gasteiger partial charge on any atom is 0.167 e. The number of amidine groups is 1. The van der Waals surface area contributed by atoms with Crippen molar-refractivity contribution >= 4 is 22.6 Å². The third-order valence-electron chi connectivity index (χ3n) is 2.73. The van der Waals surface area contributed by atoms with E-state index in [9.17, 15) is 4.39 Å². The minimum atomic E-state index is -0.370. The van der Waals surface area contributed by atoms with E-state index in [1.165, 1.54) is 13.2 Å². The van der Waals surface area contributed by atoms with Crippen molar-refractivity contribution in [2.45, 2.75) is 31.6 Å². The fraction of sp³-hybridized carbons (Fsp3) is 0.462. The topological polar surface area (TPSA) is 33.6 Å². The zero-order chi connectivity index (χ0) is 13.1. The van der Waals surface area contributed by atoms with Crippen molar-refractivity contribution < 1.29 is 9.13 Å². The molecule has 1 aliphatic rings. The number of hydrogen-bond acceptors (Lipinski definition) is 4. The molecular formula is C13H17FN2OS. The smallest absolute Gasteiger partial charge is 0.167 e. The van der Waals surface area contributed by atoms with Crippen LogP contribution in [0.5, 0.6) is 5.75 Å². The van der Waals surface area contributed by atoms with Crippen LogP contribution in [0.1, 0.15) is 20.3 Å². The van der Waals surface area contributed by atoms with Crippen LogP contribution >= 0.6 is 11.8 Å². The lowest BCUT2D eigenvalue weighted by molar-refractivity contribution is 0.387. The number of hydrogen-bond donors (Lipinski definition) is 1. The molecule has 0 saturated heterocycles. The van der Waals surface area contributed by atoms with Crippen molar-refractivity contribution in [2.75, 3.05) is 12.4 Å². The SMILES string of the molecule is COc1ccc(NC2=NC(C)CC(C)S2)cc1F. The van der Waals surface area contributed by atoms with Gasteiger partial charge in [-0.05, 0) is 25.5 Å². The molecule has 0 saturated carbocycles. The molecule has 0 aromatic heterocycles. The van der Waals surface area contributed by atoms with E-state index in [0.29, 0.717) is 17.0 Å². The number of benzene rings is 1. The number of methoxy groups -OCH3 is 1. The Bertz CT molecular complexity index is 464. The molecule has 0 bridgehead atoms. The summed E-state index contributed by atoms with van der Waals surface area (Å²) < 4.78 is 18.4. The van der Waals surface area contributed by atoms with Crippen molar-refractivity contribution in [3.05, 3.63) is 24.0 Å². The van der Waals surface area contributed by atoms with Gasteiger partial charge in [0, 0.05) is 17.0 Å². The minimum Gasteiger partial charge on any atom is -0.494 e. The molecule has 2 unspecified atom stereocenters. The standard InChI is InChI=1S/C13H17FN2OS/c1-8-6-9(2)18-13(15-8)16-10-4-5-12(17-3)11(14)7-10/h4-5,7-9H,6H2,1-3H3,(H,15,16). The molecule has 5 heteroatoms. The summed E-state index contributed by atoms with van der Waals surface area (Å²) >= 11 is 1.69. The van der Waals surface area contributed by atoms with Crippen LogP contribution in [0.2, 0.25) is 0 Å². The van der Waals surface area contributed by atoms with Crippen molar-refractivity contribution in [2.24, 2.45) is 4.99 Å². The van der Waals surface area contributed by atoms with Crippen molar-refractivity contribution in [3.8, 4) is 5.75 Å². The summed E-state index contributed by atoms with van der Waals surface area (Å²) in [5, 5.41) is 4.53. The van der Waals surface area contributed by atoms with Crippen molar-refractivity contribution in [1.29, 1.82) is 0 Å². The van der Waals surface area contributed by atoms with E-state index in [2.05, 4.69) is 24.2 Å². The van der Waals surface area contributed by atoms with E-state index in [-0.39, 0.29) is 11.6 Å². The van der Waals surface area contributed by atoms with Gasteiger partial charge in [-0.3, -0.25) is 4.99 Å². The van der Waals surface area contributed by atoms with E-state index < -0.39 is 0 Å². The summed E-state index contributed by atoms with van der Waals surface area (Å²) in [5.74, 6) is -0.120. The maximum absolute atomic E-state index is 13.5. The number of anilines is 1. The highest BCUT2D eigenvalue weighted by Gasteiger charge is 2.18. The highest BCUT2D eigenvalue weighted by Crippen LogP contribution is 2.27. The fourth-order valence-electron chi connectivity index (χ4n) is 1.93. The Morgan fingerprint density at radius 1 is 1.44 bits per heavy atom. The van der Waals surface area contributed by atoms with Crippen molar-refractivity contribution in [1.82, 2.24) is 0 Å². The van der Waals surface area contributed by atoms with Crippen LogP contribution in [0.15, 0.2) is 23.2 Å². The molecule has 1 aromatic carbocycles. The third-order valence-corrected chi connectivity index (χ3v) is 3.75. The number of ether oxygens (including phenoxy) is 1. The fourth-order valence-corrected chi connectivity index (χ4v) is 3.11. The van der Waals surface area contributed by atoms with Gasteiger partial charge in [0.1, 0.15) is 0 Å². The van der Waals surface area contributed by atoms with Crippen LogP contribution in [-0.4, -0.2) is 23.6 Å². The Kier molecular flexibility index (Phi) is 4.11. The molecule has 0 fully saturated rings. The summed E-state index contributed by atoms with van der Waals surface area (Å²) in [4.78, 5) is 4.51. The molecule has 1 aliphatic heterocycles. The van der Waals surface area contributed by atoms with E-state index in [1.807, 2.05) is 0 Å². The number of nitrogens with zero attached hydrogens (tertiary/aromatic N) is 1. The van der Waals surface area contributed by atoms with E-state index >= 15 is 0 Å². The Hall–Kier alpha value is -1.23. The average Bonchev–Trinajstić information content (AvgIpc) is 2.27. The van der Waals surface area contributed by atoms with Crippen molar-refractivity contribution in [3.63, 3.8) is 0 Å². The van der Waals surface area contributed by atoms with E-state index in [1.54, 1.807) is 23.9 Å². The maximum atomic E-state index is 13.5. The lowest BCUT2D eigenvalue weighted by Crippen LogP contribution is -2.22. The third kappa shape index (κ3) is 3.16. The summed E-state index contributed by atoms with van der Waals surface area (Å²) in [5.41, 5.74) is 0.695. The predicted octanol–water partition coefficient (Wildman–Crippen LogP) is 3.52. The van der Waals surface area contributed by atoms with E-state index in [0.717, 1.165) is 11.6 Å². The number of thioether (sulfide) groups is 1. The van der Waals surface area contributed by atoms with Gasteiger partial charge in [0.25, 0.3) is 0 Å². The number of nitrogens with one attached hydrogen (secondary N) is 1. The Morgan fingerprint density at radius 3 is 2.83 bits per heavy atom. The predicted molar refractivity (Wildman–Crippen MR) is 75.1 cm³/mol. The molecule has 3 nitrogen and oxygen atoms in total. The van der Waals surface area contributed by atoms with Gasteiger partial charge in [0.05, 0.1) is 13.2 Å². The van der Waals surface area contributed by atoms with Gasteiger partial charge in [-0.1, -0.05) is 18.7 Å². The van der Waals surface area contributed by atoms with Crippen LogP contribution in [0.25, 0.3) is 0 Å². The first-order valence-corrected chi connectivity index (χ1v) is 6.81. The molecule has 0 radical (unpaired) electrons. The Balaban J connectivity index is 2.12. The first-order chi connectivity index (χ1) is 8.58. The molecular weight excluding hydrogens is 251 g/mol. The second kappa shape index (κ2) is 5.61. The molecule has 18 heavy (non-hydrogen) atoms. The monoisotopic (exact) mass is 268 g/mol. The van der Waals surface area contributed by atoms with Gasteiger partial charge in [-0.25, -0.2) is 4.39 Å². The van der Waals surface area contributed by atoms with E-state index in [4.69, 9.17) is 4.74 Å². The molecule has 2 atom stereocenters. The Morgan fingerprint density at radius 2 is 2.22 bits per heavy atom. The highest BCUT2D eigenvalue weighted by atomic mass is 32.2. The number of aliphatic imine (C=N–C) groups is 1. The highest BCUT2D eigenvalue weighted by molar-refractivity contribution is 8.14. The molecule has 0 spiro atoms. The van der Waals surface area contributed by atoms with Crippen LogP contribution in [0.3, 0.4) is 0 Å². The molecule has 1 heterocycles. The normalized spacial score (nSPS) is 23.4. The molecule has 0 amide bonds. The van der Waals surface area contributed by atoms with Crippen LogP contribution < -0.4 is 10.1 Å². The Labute approximate surface area is 111 Å². The molecule has 0 aliphatic carbocycles. The first-order valence-electron chi connectivity index (χ1n) is 5.93. The van der Waals surface area contributed by atoms with Crippen LogP contribution in [0.4, 0.5) is 10.1 Å².